The normalized spacial score (nSPS) is 19.1. The van der Waals surface area contributed by atoms with Gasteiger partial charge in [-0.05, 0) is 60.7 Å². The second-order valence-corrected chi connectivity index (χ2v) is 9.80. The topological polar surface area (TPSA) is 96.0 Å². The highest BCUT2D eigenvalue weighted by Crippen LogP contribution is 2.35. The standard InChI is InChI=1S/C21H17BrClN3O3S/c22-16-5-3-15(4-6-16)21(27)13-26(18-9-7-17(23)8-10-18)20(25-21)14-1-11-19(12-2-14)30(24,28)29/h1-12,27H,13H2,(H2,24,28,29). The minimum absolute atomic E-state index is 0.00561. The molecule has 154 valence electrons. The number of amidine groups is 1. The molecule has 0 aromatic heterocycles. The van der Waals surface area contributed by atoms with Crippen molar-refractivity contribution in [1.29, 1.82) is 0 Å². The second-order valence-electron chi connectivity index (χ2n) is 6.89. The fourth-order valence-corrected chi connectivity index (χ4v) is 4.19. The van der Waals surface area contributed by atoms with Crippen LogP contribution in [0.5, 0.6) is 0 Å². The smallest absolute Gasteiger partial charge is 0.238 e. The summed E-state index contributed by atoms with van der Waals surface area (Å²) in [4.78, 5) is 6.50. The van der Waals surface area contributed by atoms with Crippen LogP contribution in [0.4, 0.5) is 5.69 Å². The third-order valence-corrected chi connectivity index (χ3v) is 6.52. The number of primary sulfonamides is 1. The number of aliphatic hydroxyl groups is 1. The van der Waals surface area contributed by atoms with E-state index >= 15 is 0 Å². The number of benzene rings is 3. The van der Waals surface area contributed by atoms with Crippen molar-refractivity contribution in [2.24, 2.45) is 10.1 Å². The summed E-state index contributed by atoms with van der Waals surface area (Å²) >= 11 is 9.43. The predicted octanol–water partition coefficient (Wildman–Crippen LogP) is 3.86. The van der Waals surface area contributed by atoms with Gasteiger partial charge in [-0.25, -0.2) is 18.5 Å². The number of hydrogen-bond donors (Lipinski definition) is 2. The van der Waals surface area contributed by atoms with Crippen LogP contribution in [-0.4, -0.2) is 25.9 Å². The monoisotopic (exact) mass is 505 g/mol. The van der Waals surface area contributed by atoms with E-state index in [1.54, 1.807) is 36.4 Å². The SMILES string of the molecule is NS(=O)(=O)c1ccc(C2=NC(O)(c3ccc(Br)cc3)CN2c2ccc(Cl)cc2)cc1. The average molecular weight is 507 g/mol. The lowest BCUT2D eigenvalue weighted by Crippen LogP contribution is -2.34. The molecule has 0 aliphatic carbocycles. The molecule has 6 nitrogen and oxygen atoms in total. The van der Waals surface area contributed by atoms with E-state index in [4.69, 9.17) is 16.7 Å². The van der Waals surface area contributed by atoms with E-state index in [9.17, 15) is 13.5 Å². The summed E-state index contributed by atoms with van der Waals surface area (Å²) in [6, 6.07) is 20.6. The van der Waals surface area contributed by atoms with Crippen LogP contribution < -0.4 is 10.0 Å². The summed E-state index contributed by atoms with van der Waals surface area (Å²) in [5.41, 5.74) is 0.599. The summed E-state index contributed by atoms with van der Waals surface area (Å²) in [6.07, 6.45) is 0. The zero-order chi connectivity index (χ0) is 21.5. The Balaban J connectivity index is 1.81. The van der Waals surface area contributed by atoms with Crippen LogP contribution in [-0.2, 0) is 15.7 Å². The zero-order valence-electron chi connectivity index (χ0n) is 15.5. The first-order valence-electron chi connectivity index (χ1n) is 8.90. The number of rotatable bonds is 4. The molecule has 0 fully saturated rings. The first kappa shape index (κ1) is 21.0. The molecular weight excluding hydrogens is 490 g/mol. The molecular formula is C21H17BrClN3O3S. The Morgan fingerprint density at radius 1 is 1.00 bits per heavy atom. The lowest BCUT2D eigenvalue weighted by atomic mass is 10.0. The summed E-state index contributed by atoms with van der Waals surface area (Å²) < 4.78 is 24.1. The fraction of sp³-hybridized carbons (Fsp3) is 0.0952. The first-order valence-corrected chi connectivity index (χ1v) is 11.6. The number of hydrogen-bond acceptors (Lipinski definition) is 5. The van der Waals surface area contributed by atoms with Crippen molar-refractivity contribution in [3.8, 4) is 0 Å². The highest BCUT2D eigenvalue weighted by molar-refractivity contribution is 9.10. The van der Waals surface area contributed by atoms with Gasteiger partial charge in [-0.3, -0.25) is 0 Å². The maximum atomic E-state index is 11.6. The minimum atomic E-state index is -3.81. The molecule has 0 saturated heterocycles. The van der Waals surface area contributed by atoms with Gasteiger partial charge in [0.2, 0.25) is 15.7 Å². The van der Waals surface area contributed by atoms with Crippen molar-refractivity contribution in [2.45, 2.75) is 10.6 Å². The van der Waals surface area contributed by atoms with Gasteiger partial charge in [-0.2, -0.15) is 0 Å². The molecule has 0 radical (unpaired) electrons. The Kier molecular flexibility index (Phi) is 5.46. The maximum absolute atomic E-state index is 11.6. The van der Waals surface area contributed by atoms with Crippen LogP contribution in [0.3, 0.4) is 0 Å². The molecule has 0 amide bonds. The highest BCUT2D eigenvalue weighted by Gasteiger charge is 2.40. The molecule has 4 rings (SSSR count). The van der Waals surface area contributed by atoms with E-state index in [0.29, 0.717) is 22.0 Å². The average Bonchev–Trinajstić information content (AvgIpc) is 3.07. The molecule has 3 aromatic rings. The molecule has 0 spiro atoms. The van der Waals surface area contributed by atoms with Gasteiger partial charge >= 0.3 is 0 Å². The van der Waals surface area contributed by atoms with E-state index in [0.717, 1.165) is 10.2 Å². The quantitative estimate of drug-likeness (QED) is 0.562. The van der Waals surface area contributed by atoms with Crippen LogP contribution >= 0.6 is 27.5 Å². The number of anilines is 1. The van der Waals surface area contributed by atoms with Crippen LogP contribution in [0.1, 0.15) is 11.1 Å². The van der Waals surface area contributed by atoms with Gasteiger partial charge < -0.3 is 10.0 Å². The first-order chi connectivity index (χ1) is 14.2. The van der Waals surface area contributed by atoms with Crippen molar-refractivity contribution in [3.05, 3.63) is 93.4 Å². The number of aliphatic imine (C=N–C) groups is 1. The molecule has 3 N–H and O–H groups in total. The molecule has 1 aliphatic rings. The van der Waals surface area contributed by atoms with E-state index < -0.39 is 15.7 Å². The highest BCUT2D eigenvalue weighted by atomic mass is 79.9. The van der Waals surface area contributed by atoms with Crippen LogP contribution in [0.2, 0.25) is 5.02 Å². The summed E-state index contributed by atoms with van der Waals surface area (Å²) in [5, 5.41) is 17.2. The maximum Gasteiger partial charge on any atom is 0.238 e. The van der Waals surface area contributed by atoms with Gasteiger partial charge in [0.15, 0.2) is 0 Å². The van der Waals surface area contributed by atoms with E-state index in [-0.39, 0.29) is 11.4 Å². The van der Waals surface area contributed by atoms with Crippen molar-refractivity contribution in [2.75, 3.05) is 11.4 Å². The number of nitrogens with zero attached hydrogens (tertiary/aromatic N) is 2. The number of sulfonamides is 1. The predicted molar refractivity (Wildman–Crippen MR) is 121 cm³/mol. The zero-order valence-corrected chi connectivity index (χ0v) is 18.7. The van der Waals surface area contributed by atoms with Gasteiger partial charge in [0.05, 0.1) is 11.4 Å². The lowest BCUT2D eigenvalue weighted by molar-refractivity contribution is 0.0648. The van der Waals surface area contributed by atoms with Crippen LogP contribution in [0.25, 0.3) is 0 Å². The van der Waals surface area contributed by atoms with Gasteiger partial charge in [0.1, 0.15) is 5.84 Å². The Morgan fingerprint density at radius 2 is 1.60 bits per heavy atom. The van der Waals surface area contributed by atoms with Crippen molar-refractivity contribution < 1.29 is 13.5 Å². The van der Waals surface area contributed by atoms with Gasteiger partial charge in [-0.1, -0.05) is 39.7 Å². The molecule has 1 heterocycles. The van der Waals surface area contributed by atoms with E-state index in [1.807, 2.05) is 29.2 Å². The van der Waals surface area contributed by atoms with Crippen LogP contribution in [0.15, 0.2) is 87.2 Å². The second kappa shape index (κ2) is 7.79. The van der Waals surface area contributed by atoms with E-state index in [2.05, 4.69) is 20.9 Å². The molecule has 1 aliphatic heterocycles. The van der Waals surface area contributed by atoms with Crippen molar-refractivity contribution >= 4 is 49.1 Å². The van der Waals surface area contributed by atoms with Crippen molar-refractivity contribution in [3.63, 3.8) is 0 Å². The molecule has 1 unspecified atom stereocenters. The number of nitrogens with two attached hydrogens (primary N) is 1. The Morgan fingerprint density at radius 3 is 2.17 bits per heavy atom. The Bertz CT molecular complexity index is 1210. The minimum Gasteiger partial charge on any atom is -0.364 e. The molecule has 0 saturated carbocycles. The summed E-state index contributed by atoms with van der Waals surface area (Å²) in [5.74, 6) is 0.503. The molecule has 0 bridgehead atoms. The lowest BCUT2D eigenvalue weighted by Gasteiger charge is -2.24. The van der Waals surface area contributed by atoms with Crippen molar-refractivity contribution in [1.82, 2.24) is 0 Å². The van der Waals surface area contributed by atoms with E-state index in [1.165, 1.54) is 12.1 Å². The Labute approximate surface area is 187 Å². The molecule has 1 atom stereocenters. The third kappa shape index (κ3) is 4.14. The summed E-state index contributed by atoms with van der Waals surface area (Å²) in [7, 11) is -3.81. The number of β-amino-alcohol motifs (C(OH)–C–C–N with tert-alkyl or cyclic N) is 1. The third-order valence-electron chi connectivity index (χ3n) is 4.81. The molecule has 30 heavy (non-hydrogen) atoms. The molecule has 3 aromatic carbocycles. The number of halogens is 2. The van der Waals surface area contributed by atoms with Gasteiger partial charge in [0, 0.05) is 26.3 Å². The fourth-order valence-electron chi connectivity index (χ4n) is 3.29. The van der Waals surface area contributed by atoms with Gasteiger partial charge in [-0.15, -0.1) is 0 Å². The summed E-state index contributed by atoms with van der Waals surface area (Å²) in [6.45, 7) is 0.183. The Hall–Kier alpha value is -2.23. The van der Waals surface area contributed by atoms with Gasteiger partial charge in [0.25, 0.3) is 0 Å². The molecule has 9 heteroatoms. The largest absolute Gasteiger partial charge is 0.364 e. The van der Waals surface area contributed by atoms with Crippen LogP contribution in [0, 0.1) is 0 Å².